The molecule has 0 saturated carbocycles. The van der Waals surface area contributed by atoms with Gasteiger partial charge in [-0.2, -0.15) is 11.8 Å². The maximum atomic E-state index is 12.1. The van der Waals surface area contributed by atoms with Gasteiger partial charge in [-0.15, -0.1) is 0 Å². The van der Waals surface area contributed by atoms with E-state index in [0.29, 0.717) is 17.6 Å². The molecule has 0 saturated heterocycles. The van der Waals surface area contributed by atoms with Gasteiger partial charge in [0.1, 0.15) is 0 Å². The fraction of sp³-hybridized carbons (Fsp3) is 0.588. The smallest absolute Gasteiger partial charge is 0.241 e. The first-order valence-electron chi connectivity index (χ1n) is 7.57. The minimum Gasteiger partial charge on any atom is -0.324 e. The molecular formula is C17H28N2OS. The minimum absolute atomic E-state index is 0.0968. The number of thioether (sulfide) groups is 1. The molecule has 4 heteroatoms. The van der Waals surface area contributed by atoms with Gasteiger partial charge in [0, 0.05) is 11.4 Å². The molecule has 0 aromatic heterocycles. The lowest BCUT2D eigenvalue weighted by Crippen LogP contribution is -2.36. The number of hydrogen-bond donors (Lipinski definition) is 2. The van der Waals surface area contributed by atoms with Gasteiger partial charge >= 0.3 is 0 Å². The topological polar surface area (TPSA) is 55.1 Å². The largest absolute Gasteiger partial charge is 0.324 e. The molecule has 0 aliphatic carbocycles. The van der Waals surface area contributed by atoms with Gasteiger partial charge in [-0.3, -0.25) is 4.79 Å². The first-order valence-corrected chi connectivity index (χ1v) is 8.62. The van der Waals surface area contributed by atoms with Crippen molar-refractivity contribution in [3.8, 4) is 0 Å². The van der Waals surface area contributed by atoms with Crippen LogP contribution in [0, 0.1) is 12.8 Å². The van der Waals surface area contributed by atoms with E-state index in [9.17, 15) is 4.79 Å². The van der Waals surface area contributed by atoms with Gasteiger partial charge in [0.15, 0.2) is 0 Å². The summed E-state index contributed by atoms with van der Waals surface area (Å²) in [5.41, 5.74) is 9.21. The van der Waals surface area contributed by atoms with Crippen molar-refractivity contribution in [1.82, 2.24) is 0 Å². The molecule has 0 radical (unpaired) electrons. The third-order valence-corrected chi connectivity index (χ3v) is 4.48. The van der Waals surface area contributed by atoms with Crippen LogP contribution in [0.15, 0.2) is 18.2 Å². The fourth-order valence-electron chi connectivity index (χ4n) is 2.07. The van der Waals surface area contributed by atoms with Crippen LogP contribution in [-0.2, 0) is 10.5 Å². The number of rotatable bonds is 7. The molecule has 0 fully saturated rings. The summed E-state index contributed by atoms with van der Waals surface area (Å²) in [4.78, 5) is 12.1. The molecule has 0 unspecified atom stereocenters. The summed E-state index contributed by atoms with van der Waals surface area (Å²) >= 11 is 1.90. The quantitative estimate of drug-likeness (QED) is 0.802. The van der Waals surface area contributed by atoms with Crippen LogP contribution in [0.5, 0.6) is 0 Å². The maximum absolute atomic E-state index is 12.1. The van der Waals surface area contributed by atoms with Crippen LogP contribution in [0.25, 0.3) is 0 Å². The number of benzene rings is 1. The average molecular weight is 308 g/mol. The molecule has 118 valence electrons. The molecule has 21 heavy (non-hydrogen) atoms. The van der Waals surface area contributed by atoms with E-state index in [1.807, 2.05) is 23.9 Å². The predicted octanol–water partition coefficient (Wildman–Crippen LogP) is 3.95. The third-order valence-electron chi connectivity index (χ3n) is 3.34. The molecule has 1 aromatic rings. The lowest BCUT2D eigenvalue weighted by Gasteiger charge is -2.17. The van der Waals surface area contributed by atoms with Gasteiger partial charge in [-0.25, -0.2) is 0 Å². The zero-order valence-corrected chi connectivity index (χ0v) is 14.6. The number of amides is 1. The second-order valence-corrected chi connectivity index (χ2v) is 7.74. The van der Waals surface area contributed by atoms with E-state index in [-0.39, 0.29) is 5.91 Å². The number of hydrogen-bond acceptors (Lipinski definition) is 3. The van der Waals surface area contributed by atoms with Crippen molar-refractivity contribution in [3.63, 3.8) is 0 Å². The molecule has 0 spiro atoms. The van der Waals surface area contributed by atoms with E-state index in [1.165, 1.54) is 5.56 Å². The summed E-state index contributed by atoms with van der Waals surface area (Å²) in [5, 5.41) is 3.57. The van der Waals surface area contributed by atoms with Crippen molar-refractivity contribution >= 4 is 23.4 Å². The molecule has 1 amide bonds. The second-order valence-electron chi connectivity index (χ2n) is 6.17. The van der Waals surface area contributed by atoms with Gasteiger partial charge < -0.3 is 11.1 Å². The van der Waals surface area contributed by atoms with Crippen molar-refractivity contribution in [2.75, 3.05) is 5.32 Å². The number of nitrogens with one attached hydrogen (secondary N) is 1. The van der Waals surface area contributed by atoms with Crippen LogP contribution in [0.2, 0.25) is 0 Å². The Kier molecular flexibility index (Phi) is 7.26. The zero-order valence-electron chi connectivity index (χ0n) is 13.8. The number of anilines is 1. The van der Waals surface area contributed by atoms with Gasteiger partial charge in [-0.05, 0) is 41.7 Å². The predicted molar refractivity (Wildman–Crippen MR) is 93.7 cm³/mol. The summed E-state index contributed by atoms with van der Waals surface area (Å²) in [6.45, 7) is 10.6. The molecule has 0 aliphatic rings. The number of nitrogens with two attached hydrogens (primary N) is 1. The molecule has 3 nitrogen and oxygen atoms in total. The first-order chi connectivity index (χ1) is 9.81. The summed E-state index contributed by atoms with van der Waals surface area (Å²) < 4.78 is 0. The summed E-state index contributed by atoms with van der Waals surface area (Å²) in [7, 11) is 0. The van der Waals surface area contributed by atoms with Crippen LogP contribution in [-0.4, -0.2) is 17.2 Å². The maximum Gasteiger partial charge on any atom is 0.241 e. The Morgan fingerprint density at radius 1 is 1.29 bits per heavy atom. The first kappa shape index (κ1) is 18.1. The molecule has 0 heterocycles. The Balaban J connectivity index is 2.75. The monoisotopic (exact) mass is 308 g/mol. The van der Waals surface area contributed by atoms with Gasteiger partial charge in [-0.1, -0.05) is 39.8 Å². The van der Waals surface area contributed by atoms with Gasteiger partial charge in [0.25, 0.3) is 0 Å². The summed E-state index contributed by atoms with van der Waals surface area (Å²) in [5.74, 6) is 1.28. The van der Waals surface area contributed by atoms with E-state index >= 15 is 0 Å². The molecule has 0 aliphatic heterocycles. The van der Waals surface area contributed by atoms with Crippen LogP contribution >= 0.6 is 11.8 Å². The van der Waals surface area contributed by atoms with E-state index in [4.69, 9.17) is 5.73 Å². The van der Waals surface area contributed by atoms with E-state index in [1.54, 1.807) is 0 Å². The SMILES string of the molecule is Cc1c(CSC(C)C)cccc1NC(=O)[C@@H](N)CC(C)C. The van der Waals surface area contributed by atoms with Gasteiger partial charge in [0.05, 0.1) is 6.04 Å². The molecular weight excluding hydrogens is 280 g/mol. The van der Waals surface area contributed by atoms with Crippen molar-refractivity contribution < 1.29 is 4.79 Å². The molecule has 1 aromatic carbocycles. The van der Waals surface area contributed by atoms with Crippen molar-refractivity contribution in [2.45, 2.75) is 58.1 Å². The highest BCUT2D eigenvalue weighted by atomic mass is 32.2. The second kappa shape index (κ2) is 8.44. The third kappa shape index (κ3) is 6.10. The lowest BCUT2D eigenvalue weighted by atomic mass is 10.0. The Morgan fingerprint density at radius 2 is 1.95 bits per heavy atom. The molecule has 3 N–H and O–H groups in total. The highest BCUT2D eigenvalue weighted by Gasteiger charge is 2.16. The van der Waals surface area contributed by atoms with Crippen molar-refractivity contribution in [2.24, 2.45) is 11.7 Å². The van der Waals surface area contributed by atoms with Crippen LogP contribution < -0.4 is 11.1 Å². The molecule has 0 bridgehead atoms. The highest BCUT2D eigenvalue weighted by Crippen LogP contribution is 2.25. The Morgan fingerprint density at radius 3 is 2.52 bits per heavy atom. The van der Waals surface area contributed by atoms with Gasteiger partial charge in [0.2, 0.25) is 5.91 Å². The van der Waals surface area contributed by atoms with E-state index in [2.05, 4.69) is 46.0 Å². The highest BCUT2D eigenvalue weighted by molar-refractivity contribution is 7.99. The summed E-state index contributed by atoms with van der Waals surface area (Å²) in [6.07, 6.45) is 0.702. The summed E-state index contributed by atoms with van der Waals surface area (Å²) in [6, 6.07) is 5.61. The van der Waals surface area contributed by atoms with Crippen molar-refractivity contribution in [1.29, 1.82) is 0 Å². The number of carbonyl (C=O) groups excluding carboxylic acids is 1. The fourth-order valence-corrected chi connectivity index (χ4v) is 2.90. The van der Waals surface area contributed by atoms with Crippen LogP contribution in [0.1, 0.15) is 45.2 Å². The average Bonchev–Trinajstić information content (AvgIpc) is 2.38. The number of carbonyl (C=O) groups is 1. The van der Waals surface area contributed by atoms with E-state index in [0.717, 1.165) is 17.0 Å². The van der Waals surface area contributed by atoms with Crippen LogP contribution in [0.4, 0.5) is 5.69 Å². The van der Waals surface area contributed by atoms with Crippen LogP contribution in [0.3, 0.4) is 0 Å². The van der Waals surface area contributed by atoms with E-state index < -0.39 is 6.04 Å². The normalized spacial score (nSPS) is 12.8. The minimum atomic E-state index is -0.446. The zero-order chi connectivity index (χ0) is 16.0. The Bertz CT molecular complexity index is 472. The lowest BCUT2D eigenvalue weighted by molar-refractivity contribution is -0.117. The standard InChI is InChI=1S/C17H28N2OS/c1-11(2)9-15(18)17(20)19-16-8-6-7-14(13(16)5)10-21-12(3)4/h6-8,11-12,15H,9-10,18H2,1-5H3,(H,19,20)/t15-/m0/s1. The Labute approximate surface area is 133 Å². The molecule has 1 atom stereocenters. The Hall–Kier alpha value is -1.00. The van der Waals surface area contributed by atoms with Crippen molar-refractivity contribution in [3.05, 3.63) is 29.3 Å². The molecule has 1 rings (SSSR count).